The predicted molar refractivity (Wildman–Crippen MR) is 58.8 cm³/mol. The van der Waals surface area contributed by atoms with Gasteiger partial charge in [0.05, 0.1) is 18.0 Å². The topological polar surface area (TPSA) is 42.1 Å². The lowest BCUT2D eigenvalue weighted by Crippen LogP contribution is -2.04. The number of pyridine rings is 1. The Balaban J connectivity index is 3.05. The van der Waals surface area contributed by atoms with E-state index in [1.165, 1.54) is 25.4 Å². The Morgan fingerprint density at radius 3 is 2.93 bits per heavy atom. The first-order valence-corrected chi connectivity index (χ1v) is 4.98. The molecular weight excluding hydrogens is 265 g/mol. The number of methoxy groups -OCH3 is 1. The lowest BCUT2D eigenvalue weighted by atomic mass is 10.2. The second kappa shape index (κ2) is 3.66. The summed E-state index contributed by atoms with van der Waals surface area (Å²) in [5.74, 6) is -0.594. The maximum Gasteiger partial charge on any atom is 0.193 e. The van der Waals surface area contributed by atoms with Crippen LogP contribution in [0.3, 0.4) is 0 Å². The van der Waals surface area contributed by atoms with Crippen LogP contribution in [0.4, 0.5) is 4.39 Å². The molecule has 0 amide bonds. The Labute approximate surface area is 93.0 Å². The maximum atomic E-state index is 13.5. The summed E-state index contributed by atoms with van der Waals surface area (Å²) in [4.78, 5) is 14.4. The van der Waals surface area contributed by atoms with Crippen molar-refractivity contribution in [1.29, 1.82) is 0 Å². The van der Waals surface area contributed by atoms with Crippen LogP contribution in [-0.2, 0) is 0 Å². The van der Waals surface area contributed by atoms with Crippen molar-refractivity contribution < 1.29 is 9.13 Å². The summed E-state index contributed by atoms with van der Waals surface area (Å²) in [7, 11) is 1.33. The van der Waals surface area contributed by atoms with Gasteiger partial charge in [0, 0.05) is 16.7 Å². The lowest BCUT2D eigenvalue weighted by molar-refractivity contribution is 0.391. The smallest absolute Gasteiger partial charge is 0.193 e. The minimum atomic E-state index is -0.562. The van der Waals surface area contributed by atoms with Crippen molar-refractivity contribution in [2.75, 3.05) is 7.11 Å². The number of halogens is 2. The molecule has 1 aromatic heterocycles. The van der Waals surface area contributed by atoms with Gasteiger partial charge in [0.25, 0.3) is 0 Å². The molecule has 0 atom stereocenters. The number of aromatic amines is 1. The van der Waals surface area contributed by atoms with Crippen LogP contribution in [0, 0.1) is 5.82 Å². The average Bonchev–Trinajstić information content (AvgIpc) is 2.20. The van der Waals surface area contributed by atoms with Crippen molar-refractivity contribution in [3.8, 4) is 5.75 Å². The molecule has 5 heteroatoms. The summed E-state index contributed by atoms with van der Waals surface area (Å²) in [5.41, 5.74) is 0.251. The van der Waals surface area contributed by atoms with E-state index < -0.39 is 5.82 Å². The Hall–Kier alpha value is -1.36. The fourth-order valence-electron chi connectivity index (χ4n) is 1.46. The van der Waals surface area contributed by atoms with Gasteiger partial charge in [-0.3, -0.25) is 4.79 Å². The van der Waals surface area contributed by atoms with Gasteiger partial charge in [0.15, 0.2) is 17.0 Å². The quantitative estimate of drug-likeness (QED) is 0.866. The van der Waals surface area contributed by atoms with Crippen molar-refractivity contribution in [1.82, 2.24) is 4.98 Å². The first-order chi connectivity index (χ1) is 7.15. The molecule has 1 N–H and O–H groups in total. The zero-order valence-electron chi connectivity index (χ0n) is 7.80. The van der Waals surface area contributed by atoms with Crippen LogP contribution in [-0.4, -0.2) is 12.1 Å². The number of hydrogen-bond acceptors (Lipinski definition) is 2. The fourth-order valence-corrected chi connectivity index (χ4v) is 1.97. The van der Waals surface area contributed by atoms with E-state index >= 15 is 0 Å². The third kappa shape index (κ3) is 1.52. The summed E-state index contributed by atoms with van der Waals surface area (Å²) in [6.07, 6.45) is 1.51. The molecule has 2 aromatic rings. The van der Waals surface area contributed by atoms with E-state index in [4.69, 9.17) is 4.74 Å². The van der Waals surface area contributed by atoms with Crippen molar-refractivity contribution in [3.05, 3.63) is 38.8 Å². The van der Waals surface area contributed by atoms with Gasteiger partial charge in [0.2, 0.25) is 0 Å². The van der Waals surface area contributed by atoms with Crippen LogP contribution >= 0.6 is 15.9 Å². The number of H-pyrrole nitrogens is 1. The number of fused-ring (bicyclic) bond motifs is 1. The molecule has 0 saturated heterocycles. The van der Waals surface area contributed by atoms with Gasteiger partial charge in [-0.05, 0) is 22.0 Å². The van der Waals surface area contributed by atoms with Crippen molar-refractivity contribution in [2.45, 2.75) is 0 Å². The standard InChI is InChI=1S/C10H7BrFNO2/c1-15-10-6(12)4-5(11)9-8(10)7(14)2-3-13-9/h2-4H,1H3,(H,13,14). The fraction of sp³-hybridized carbons (Fsp3) is 0.100. The van der Waals surface area contributed by atoms with Crippen LogP contribution in [0.2, 0.25) is 0 Å². The Morgan fingerprint density at radius 2 is 2.27 bits per heavy atom. The van der Waals surface area contributed by atoms with E-state index in [2.05, 4.69) is 20.9 Å². The van der Waals surface area contributed by atoms with Crippen LogP contribution in [0.25, 0.3) is 10.9 Å². The predicted octanol–water partition coefficient (Wildman–Crippen LogP) is 2.44. The van der Waals surface area contributed by atoms with Gasteiger partial charge in [-0.2, -0.15) is 0 Å². The second-order valence-corrected chi connectivity index (χ2v) is 3.82. The molecule has 0 radical (unpaired) electrons. The Kier molecular flexibility index (Phi) is 2.48. The van der Waals surface area contributed by atoms with Gasteiger partial charge in [0.1, 0.15) is 0 Å². The van der Waals surface area contributed by atoms with Gasteiger partial charge in [-0.1, -0.05) is 0 Å². The summed E-state index contributed by atoms with van der Waals surface area (Å²) in [6, 6.07) is 2.59. The molecule has 0 spiro atoms. The first kappa shape index (κ1) is 10.2. The third-order valence-corrected chi connectivity index (χ3v) is 2.72. The second-order valence-electron chi connectivity index (χ2n) is 2.97. The van der Waals surface area contributed by atoms with E-state index in [1.807, 2.05) is 0 Å². The third-order valence-electron chi connectivity index (χ3n) is 2.10. The number of benzene rings is 1. The van der Waals surface area contributed by atoms with Crippen molar-refractivity contribution in [3.63, 3.8) is 0 Å². The zero-order valence-corrected chi connectivity index (χ0v) is 9.39. The molecule has 0 aliphatic carbocycles. The number of rotatable bonds is 1. The first-order valence-electron chi connectivity index (χ1n) is 4.18. The molecule has 2 rings (SSSR count). The van der Waals surface area contributed by atoms with E-state index in [-0.39, 0.29) is 16.6 Å². The molecule has 15 heavy (non-hydrogen) atoms. The normalized spacial score (nSPS) is 10.6. The SMILES string of the molecule is COc1c(F)cc(Br)c2[nH]ccc(=O)c12. The van der Waals surface area contributed by atoms with Crippen LogP contribution < -0.4 is 10.2 Å². The summed E-state index contributed by atoms with van der Waals surface area (Å²) < 4.78 is 18.8. The molecule has 0 unspecified atom stereocenters. The van der Waals surface area contributed by atoms with Crippen molar-refractivity contribution in [2.24, 2.45) is 0 Å². The minimum Gasteiger partial charge on any atom is -0.493 e. The molecule has 0 fully saturated rings. The number of aromatic nitrogens is 1. The summed E-state index contributed by atoms with van der Waals surface area (Å²) in [6.45, 7) is 0. The van der Waals surface area contributed by atoms with Crippen molar-refractivity contribution >= 4 is 26.8 Å². The molecule has 1 heterocycles. The largest absolute Gasteiger partial charge is 0.493 e. The Morgan fingerprint density at radius 1 is 1.53 bits per heavy atom. The molecular formula is C10H7BrFNO2. The summed E-state index contributed by atoms with van der Waals surface area (Å²) in [5, 5.41) is 0.215. The van der Waals surface area contributed by atoms with E-state index in [1.54, 1.807) is 0 Å². The molecule has 78 valence electrons. The summed E-state index contributed by atoms with van der Waals surface area (Å²) >= 11 is 3.18. The van der Waals surface area contributed by atoms with Crippen LogP contribution in [0.1, 0.15) is 0 Å². The lowest BCUT2D eigenvalue weighted by Gasteiger charge is -2.07. The molecule has 0 aliphatic heterocycles. The van der Waals surface area contributed by atoms with Crippen LogP contribution in [0.15, 0.2) is 27.6 Å². The Bertz CT molecular complexity index is 579. The molecule has 3 nitrogen and oxygen atoms in total. The number of hydrogen-bond donors (Lipinski definition) is 1. The highest BCUT2D eigenvalue weighted by molar-refractivity contribution is 9.10. The monoisotopic (exact) mass is 271 g/mol. The number of ether oxygens (including phenoxy) is 1. The highest BCUT2D eigenvalue weighted by Crippen LogP contribution is 2.30. The van der Waals surface area contributed by atoms with E-state index in [0.29, 0.717) is 9.99 Å². The zero-order chi connectivity index (χ0) is 11.0. The maximum absolute atomic E-state index is 13.5. The highest BCUT2D eigenvalue weighted by Gasteiger charge is 2.14. The molecule has 1 aromatic carbocycles. The van der Waals surface area contributed by atoms with Gasteiger partial charge < -0.3 is 9.72 Å². The number of nitrogens with one attached hydrogen (secondary N) is 1. The highest BCUT2D eigenvalue weighted by atomic mass is 79.9. The molecule has 0 aliphatic rings. The minimum absolute atomic E-state index is 0.0324. The van der Waals surface area contributed by atoms with E-state index in [9.17, 15) is 9.18 Å². The van der Waals surface area contributed by atoms with Crippen LogP contribution in [0.5, 0.6) is 5.75 Å². The average molecular weight is 272 g/mol. The molecule has 0 bridgehead atoms. The van der Waals surface area contributed by atoms with Gasteiger partial charge in [-0.15, -0.1) is 0 Å². The van der Waals surface area contributed by atoms with Gasteiger partial charge >= 0.3 is 0 Å². The van der Waals surface area contributed by atoms with Gasteiger partial charge in [-0.25, -0.2) is 4.39 Å². The molecule has 0 saturated carbocycles. The van der Waals surface area contributed by atoms with E-state index in [0.717, 1.165) is 0 Å².